The van der Waals surface area contributed by atoms with E-state index in [2.05, 4.69) is 10.2 Å². The molecule has 25 heavy (non-hydrogen) atoms. The third kappa shape index (κ3) is 2.92. The summed E-state index contributed by atoms with van der Waals surface area (Å²) in [5.74, 6) is -0.0232. The Morgan fingerprint density at radius 1 is 1.32 bits per heavy atom. The van der Waals surface area contributed by atoms with Crippen LogP contribution in [0.2, 0.25) is 0 Å². The van der Waals surface area contributed by atoms with Crippen molar-refractivity contribution in [3.05, 3.63) is 34.4 Å². The number of carbonyl (C=O) groups excluding carboxylic acids is 2. The molecule has 2 amide bonds. The minimum Gasteiger partial charge on any atom is -0.338 e. The average molecular weight is 343 g/mol. The predicted octanol–water partition coefficient (Wildman–Crippen LogP) is 0.638. The molecular formula is C17H21N5O3. The molecule has 0 radical (unpaired) electrons. The summed E-state index contributed by atoms with van der Waals surface area (Å²) in [6, 6.07) is 3.73. The Morgan fingerprint density at radius 3 is 2.84 bits per heavy atom. The molecule has 1 saturated heterocycles. The van der Waals surface area contributed by atoms with E-state index < -0.39 is 0 Å². The zero-order valence-corrected chi connectivity index (χ0v) is 14.1. The molecule has 0 bridgehead atoms. The van der Waals surface area contributed by atoms with Gasteiger partial charge in [0.05, 0.1) is 5.56 Å². The smallest absolute Gasteiger partial charge is 0.338 e. The first-order chi connectivity index (χ1) is 12.0. The number of nitrogens with one attached hydrogen (secondary N) is 1. The number of aromatic nitrogens is 3. The summed E-state index contributed by atoms with van der Waals surface area (Å²) in [7, 11) is 0. The van der Waals surface area contributed by atoms with Gasteiger partial charge in [0, 0.05) is 38.3 Å². The van der Waals surface area contributed by atoms with Crippen molar-refractivity contribution in [2.24, 2.45) is 0 Å². The summed E-state index contributed by atoms with van der Waals surface area (Å²) < 4.78 is 1.34. The fourth-order valence-electron chi connectivity index (χ4n) is 3.64. The van der Waals surface area contributed by atoms with E-state index in [1.807, 2.05) is 9.80 Å². The van der Waals surface area contributed by atoms with Gasteiger partial charge in [-0.05, 0) is 37.8 Å². The van der Waals surface area contributed by atoms with Crippen LogP contribution in [0.3, 0.4) is 0 Å². The van der Waals surface area contributed by atoms with Crippen molar-refractivity contribution in [2.45, 2.75) is 44.7 Å². The van der Waals surface area contributed by atoms with Gasteiger partial charge in [0.2, 0.25) is 5.91 Å². The lowest BCUT2D eigenvalue weighted by atomic mass is 10.1. The van der Waals surface area contributed by atoms with Crippen molar-refractivity contribution >= 4 is 17.5 Å². The van der Waals surface area contributed by atoms with Crippen LogP contribution >= 0.6 is 0 Å². The summed E-state index contributed by atoms with van der Waals surface area (Å²) in [6.07, 6.45) is 5.47. The Balaban J connectivity index is 1.56. The summed E-state index contributed by atoms with van der Waals surface area (Å²) in [4.78, 5) is 40.3. The number of likely N-dealkylation sites (tertiary alicyclic amines) is 1. The van der Waals surface area contributed by atoms with Gasteiger partial charge in [-0.3, -0.25) is 9.59 Å². The number of carbonyl (C=O) groups is 2. The summed E-state index contributed by atoms with van der Waals surface area (Å²) in [6.45, 7) is 2.87. The Labute approximate surface area is 144 Å². The van der Waals surface area contributed by atoms with Crippen molar-refractivity contribution < 1.29 is 9.59 Å². The van der Waals surface area contributed by atoms with E-state index in [0.717, 1.165) is 25.7 Å². The molecule has 8 heteroatoms. The van der Waals surface area contributed by atoms with E-state index >= 15 is 0 Å². The molecule has 2 aromatic heterocycles. The van der Waals surface area contributed by atoms with E-state index in [1.165, 1.54) is 10.6 Å². The molecule has 8 nitrogen and oxygen atoms in total. The molecule has 1 N–H and O–H groups in total. The minimum atomic E-state index is -0.362. The zero-order valence-electron chi connectivity index (χ0n) is 14.1. The molecule has 2 aliphatic rings. The minimum absolute atomic E-state index is 0.0359. The fraction of sp³-hybridized carbons (Fsp3) is 0.529. The summed E-state index contributed by atoms with van der Waals surface area (Å²) >= 11 is 0. The molecule has 132 valence electrons. The molecule has 2 aromatic rings. The number of amides is 2. The number of H-pyrrole nitrogens is 1. The van der Waals surface area contributed by atoms with Gasteiger partial charge in [0.25, 0.3) is 5.91 Å². The highest BCUT2D eigenvalue weighted by Crippen LogP contribution is 2.29. The van der Waals surface area contributed by atoms with Crippen LogP contribution in [0.1, 0.15) is 43.0 Å². The van der Waals surface area contributed by atoms with Crippen molar-refractivity contribution in [1.82, 2.24) is 24.4 Å². The van der Waals surface area contributed by atoms with E-state index in [9.17, 15) is 14.4 Å². The number of fused-ring (bicyclic) bond motifs is 1. The topological polar surface area (TPSA) is 90.8 Å². The van der Waals surface area contributed by atoms with E-state index in [0.29, 0.717) is 30.3 Å². The molecule has 1 unspecified atom stereocenters. The van der Waals surface area contributed by atoms with Crippen LogP contribution in [-0.4, -0.2) is 61.4 Å². The van der Waals surface area contributed by atoms with E-state index in [-0.39, 0.29) is 23.5 Å². The lowest BCUT2D eigenvalue weighted by Crippen LogP contribution is -2.45. The molecule has 1 atom stereocenters. The van der Waals surface area contributed by atoms with Crippen molar-refractivity contribution in [3.63, 3.8) is 0 Å². The Kier molecular flexibility index (Phi) is 3.82. The number of rotatable bonds is 4. The molecule has 0 spiro atoms. The van der Waals surface area contributed by atoms with Gasteiger partial charge >= 0.3 is 5.69 Å². The van der Waals surface area contributed by atoms with E-state index in [1.54, 1.807) is 19.1 Å². The molecule has 1 aliphatic carbocycles. The summed E-state index contributed by atoms with van der Waals surface area (Å²) in [5.41, 5.74) is 0.582. The van der Waals surface area contributed by atoms with Crippen LogP contribution in [-0.2, 0) is 4.79 Å². The van der Waals surface area contributed by atoms with Crippen LogP contribution in [0.25, 0.3) is 5.65 Å². The van der Waals surface area contributed by atoms with Crippen molar-refractivity contribution in [2.75, 3.05) is 13.1 Å². The maximum Gasteiger partial charge on any atom is 0.347 e. The van der Waals surface area contributed by atoms with Gasteiger partial charge in [-0.2, -0.15) is 5.10 Å². The van der Waals surface area contributed by atoms with Crippen LogP contribution < -0.4 is 5.69 Å². The third-order valence-corrected chi connectivity index (χ3v) is 5.10. The molecule has 1 saturated carbocycles. The highest BCUT2D eigenvalue weighted by atomic mass is 16.2. The second kappa shape index (κ2) is 6.02. The number of hydrogen-bond acceptors (Lipinski definition) is 4. The van der Waals surface area contributed by atoms with Crippen LogP contribution in [0.5, 0.6) is 0 Å². The van der Waals surface area contributed by atoms with Crippen molar-refractivity contribution in [3.8, 4) is 0 Å². The van der Waals surface area contributed by atoms with Gasteiger partial charge in [0.15, 0.2) is 5.65 Å². The van der Waals surface area contributed by atoms with Crippen LogP contribution in [0.15, 0.2) is 23.1 Å². The van der Waals surface area contributed by atoms with Gasteiger partial charge < -0.3 is 9.80 Å². The normalized spacial score (nSPS) is 20.2. The van der Waals surface area contributed by atoms with Crippen LogP contribution in [0.4, 0.5) is 0 Å². The van der Waals surface area contributed by atoms with Gasteiger partial charge in [-0.1, -0.05) is 0 Å². The average Bonchev–Trinajstić information content (AvgIpc) is 3.22. The standard InChI is InChI=1S/C17H21N5O3/c1-11(23)21(13-5-6-13)10-14-3-2-8-20(14)16(24)12-4-7-15-18-19-17(25)22(15)9-12/h4,7,9,13-14H,2-3,5-6,8,10H2,1H3,(H,19,25). The molecule has 0 aromatic carbocycles. The molecule has 1 aliphatic heterocycles. The lowest BCUT2D eigenvalue weighted by Gasteiger charge is -2.30. The molecule has 3 heterocycles. The predicted molar refractivity (Wildman–Crippen MR) is 90.3 cm³/mol. The number of pyridine rings is 1. The van der Waals surface area contributed by atoms with Gasteiger partial charge in [-0.15, -0.1) is 0 Å². The quantitative estimate of drug-likeness (QED) is 0.882. The fourth-order valence-corrected chi connectivity index (χ4v) is 3.64. The highest BCUT2D eigenvalue weighted by molar-refractivity contribution is 5.94. The first-order valence-electron chi connectivity index (χ1n) is 8.69. The maximum absolute atomic E-state index is 12.9. The maximum atomic E-state index is 12.9. The SMILES string of the molecule is CC(=O)N(CC1CCCN1C(=O)c1ccc2n[nH]c(=O)n2c1)C1CC1. The lowest BCUT2D eigenvalue weighted by molar-refractivity contribution is -0.130. The Morgan fingerprint density at radius 2 is 2.12 bits per heavy atom. The molecule has 2 fully saturated rings. The third-order valence-electron chi connectivity index (χ3n) is 5.10. The zero-order chi connectivity index (χ0) is 17.6. The Bertz CT molecular complexity index is 882. The number of aromatic amines is 1. The highest BCUT2D eigenvalue weighted by Gasteiger charge is 2.36. The largest absolute Gasteiger partial charge is 0.347 e. The second-order valence-electron chi connectivity index (χ2n) is 6.87. The molecule has 4 rings (SSSR count). The number of nitrogens with zero attached hydrogens (tertiary/aromatic N) is 4. The van der Waals surface area contributed by atoms with Crippen molar-refractivity contribution in [1.29, 1.82) is 0 Å². The van der Waals surface area contributed by atoms with Gasteiger partial charge in [0.1, 0.15) is 0 Å². The van der Waals surface area contributed by atoms with E-state index in [4.69, 9.17) is 0 Å². The molecular weight excluding hydrogens is 322 g/mol. The van der Waals surface area contributed by atoms with Crippen LogP contribution in [0, 0.1) is 0 Å². The first-order valence-corrected chi connectivity index (χ1v) is 8.69. The van der Waals surface area contributed by atoms with Gasteiger partial charge in [-0.25, -0.2) is 14.3 Å². The summed E-state index contributed by atoms with van der Waals surface area (Å²) in [5, 5.41) is 6.24. The second-order valence-corrected chi connectivity index (χ2v) is 6.87. The number of hydrogen-bond donors (Lipinski definition) is 1. The monoisotopic (exact) mass is 343 g/mol. The first kappa shape index (κ1) is 15.9. The Hall–Kier alpha value is -2.64.